The van der Waals surface area contributed by atoms with E-state index in [0.717, 1.165) is 24.3 Å². The van der Waals surface area contributed by atoms with E-state index in [-0.39, 0.29) is 12.0 Å². The fourth-order valence-corrected chi connectivity index (χ4v) is 4.63. The number of benzene rings is 1. The van der Waals surface area contributed by atoms with E-state index in [2.05, 4.69) is 4.90 Å². The van der Waals surface area contributed by atoms with Gasteiger partial charge in [0, 0.05) is 24.0 Å². The number of halogens is 1. The highest BCUT2D eigenvalue weighted by molar-refractivity contribution is 6.30. The first-order valence-electron chi connectivity index (χ1n) is 8.48. The van der Waals surface area contributed by atoms with Crippen molar-refractivity contribution in [3.05, 3.63) is 28.8 Å². The predicted molar refractivity (Wildman–Crippen MR) is 86.3 cm³/mol. The molecule has 3 nitrogen and oxygen atoms in total. The lowest BCUT2D eigenvalue weighted by Gasteiger charge is -2.44. The quantitative estimate of drug-likeness (QED) is 0.787. The summed E-state index contributed by atoms with van der Waals surface area (Å²) in [5.74, 6) is 1.72. The molecular weight excluding hydrogens is 298 g/mol. The first-order chi connectivity index (χ1) is 10.7. The van der Waals surface area contributed by atoms with Crippen molar-refractivity contribution in [3.8, 4) is 5.75 Å². The molecule has 2 fully saturated rings. The molecule has 0 radical (unpaired) electrons. The Bertz CT molecular complexity index is 586. The van der Waals surface area contributed by atoms with Gasteiger partial charge in [-0.25, -0.2) is 0 Å². The number of carbonyl (C=O) groups excluding carboxylic acids is 1. The van der Waals surface area contributed by atoms with Crippen molar-refractivity contribution < 1.29 is 9.53 Å². The highest BCUT2D eigenvalue weighted by atomic mass is 35.5. The fraction of sp³-hybridized carbons (Fsp3) is 0.611. The van der Waals surface area contributed by atoms with E-state index in [1.807, 2.05) is 18.2 Å². The van der Waals surface area contributed by atoms with Crippen molar-refractivity contribution in [2.24, 2.45) is 5.92 Å². The normalized spacial score (nSPS) is 30.4. The summed E-state index contributed by atoms with van der Waals surface area (Å²) in [5, 5.41) is 0.709. The highest BCUT2D eigenvalue weighted by Gasteiger charge is 2.40. The molecule has 0 aromatic heterocycles. The van der Waals surface area contributed by atoms with Crippen LogP contribution >= 0.6 is 11.6 Å². The zero-order valence-electron chi connectivity index (χ0n) is 12.8. The Labute approximate surface area is 136 Å². The van der Waals surface area contributed by atoms with Crippen molar-refractivity contribution in [1.82, 2.24) is 4.90 Å². The third-order valence-electron chi connectivity index (χ3n) is 5.50. The van der Waals surface area contributed by atoms with E-state index in [1.54, 1.807) is 0 Å². The number of hydrogen-bond donors (Lipinski definition) is 0. The molecule has 0 bridgehead atoms. The zero-order chi connectivity index (χ0) is 15.1. The molecule has 1 amide bonds. The smallest absolute Gasteiger partial charge is 0.264 e. The van der Waals surface area contributed by atoms with Crippen LogP contribution in [0.25, 0.3) is 0 Å². The second-order valence-corrected chi connectivity index (χ2v) is 7.28. The van der Waals surface area contributed by atoms with Gasteiger partial charge in [-0.05, 0) is 55.4 Å². The van der Waals surface area contributed by atoms with Gasteiger partial charge in [0.2, 0.25) is 0 Å². The Morgan fingerprint density at radius 2 is 2.00 bits per heavy atom. The molecule has 118 valence electrons. The second kappa shape index (κ2) is 5.77. The maximum absolute atomic E-state index is 13.0. The van der Waals surface area contributed by atoms with E-state index in [4.69, 9.17) is 16.3 Å². The van der Waals surface area contributed by atoms with Crippen LogP contribution in [0.4, 0.5) is 0 Å². The second-order valence-electron chi connectivity index (χ2n) is 6.85. The number of rotatable bonds is 1. The molecule has 3 atom stereocenters. The molecule has 2 aliphatic heterocycles. The Kier molecular flexibility index (Phi) is 3.77. The van der Waals surface area contributed by atoms with Gasteiger partial charge in [-0.3, -0.25) is 4.79 Å². The summed E-state index contributed by atoms with van der Waals surface area (Å²) in [4.78, 5) is 15.1. The number of hydrogen-bond acceptors (Lipinski definition) is 2. The summed E-state index contributed by atoms with van der Waals surface area (Å²) >= 11 is 6.04. The van der Waals surface area contributed by atoms with Crippen molar-refractivity contribution >= 4 is 17.5 Å². The fourth-order valence-electron chi connectivity index (χ4n) is 4.44. The lowest BCUT2D eigenvalue weighted by molar-refractivity contribution is -0.144. The van der Waals surface area contributed by atoms with E-state index in [0.29, 0.717) is 23.4 Å². The molecule has 1 aromatic rings. The maximum Gasteiger partial charge on any atom is 0.264 e. The van der Waals surface area contributed by atoms with Crippen LogP contribution in [-0.2, 0) is 11.2 Å². The average molecular weight is 320 g/mol. The molecule has 0 N–H and O–H groups in total. The van der Waals surface area contributed by atoms with Gasteiger partial charge in [0.15, 0.2) is 6.10 Å². The first kappa shape index (κ1) is 14.4. The highest BCUT2D eigenvalue weighted by Crippen LogP contribution is 2.37. The molecule has 2 heterocycles. The van der Waals surface area contributed by atoms with Gasteiger partial charge in [0.25, 0.3) is 5.91 Å². The molecule has 1 saturated heterocycles. The molecule has 0 unspecified atom stereocenters. The van der Waals surface area contributed by atoms with Gasteiger partial charge in [-0.1, -0.05) is 24.4 Å². The van der Waals surface area contributed by atoms with Crippen molar-refractivity contribution in [2.45, 2.75) is 57.1 Å². The van der Waals surface area contributed by atoms with Crippen LogP contribution < -0.4 is 4.74 Å². The minimum absolute atomic E-state index is 0.184. The number of carbonyl (C=O) groups is 1. The number of likely N-dealkylation sites (tertiary alicyclic amines) is 1. The van der Waals surface area contributed by atoms with E-state index >= 15 is 0 Å². The SMILES string of the molecule is O=C([C@H]1Cc2cc(Cl)ccc2O1)N1CCC[C@H]2CCCC[C@@H]21. The van der Waals surface area contributed by atoms with E-state index in [9.17, 15) is 4.79 Å². The average Bonchev–Trinajstić information content (AvgIpc) is 2.96. The number of amides is 1. The summed E-state index contributed by atoms with van der Waals surface area (Å²) in [6.45, 7) is 0.900. The third kappa shape index (κ3) is 2.50. The lowest BCUT2D eigenvalue weighted by atomic mass is 9.78. The van der Waals surface area contributed by atoms with Gasteiger partial charge in [-0.2, -0.15) is 0 Å². The van der Waals surface area contributed by atoms with Gasteiger partial charge in [0.05, 0.1) is 0 Å². The predicted octanol–water partition coefficient (Wildman–Crippen LogP) is 3.82. The maximum atomic E-state index is 13.0. The van der Waals surface area contributed by atoms with Crippen LogP contribution in [0.5, 0.6) is 5.75 Å². The topological polar surface area (TPSA) is 29.5 Å². The first-order valence-corrected chi connectivity index (χ1v) is 8.86. The van der Waals surface area contributed by atoms with Gasteiger partial charge in [-0.15, -0.1) is 0 Å². The van der Waals surface area contributed by atoms with E-state index < -0.39 is 0 Å². The zero-order valence-corrected chi connectivity index (χ0v) is 13.5. The largest absolute Gasteiger partial charge is 0.480 e. The number of fused-ring (bicyclic) bond motifs is 2. The Hall–Kier alpha value is -1.22. The minimum Gasteiger partial charge on any atom is -0.480 e. The molecule has 4 heteroatoms. The molecule has 1 saturated carbocycles. The van der Waals surface area contributed by atoms with Crippen molar-refractivity contribution in [3.63, 3.8) is 0 Å². The van der Waals surface area contributed by atoms with Crippen LogP contribution in [-0.4, -0.2) is 29.5 Å². The number of piperidine rings is 1. The molecule has 1 aromatic carbocycles. The molecule has 22 heavy (non-hydrogen) atoms. The minimum atomic E-state index is -0.353. The summed E-state index contributed by atoms with van der Waals surface area (Å²) in [6.07, 6.45) is 7.77. The van der Waals surface area contributed by atoms with Crippen LogP contribution in [0.15, 0.2) is 18.2 Å². The van der Waals surface area contributed by atoms with E-state index in [1.165, 1.54) is 32.1 Å². The Balaban J connectivity index is 1.50. The summed E-state index contributed by atoms with van der Waals surface area (Å²) in [7, 11) is 0. The molecule has 0 spiro atoms. The van der Waals surface area contributed by atoms with Crippen molar-refractivity contribution in [1.29, 1.82) is 0 Å². The van der Waals surface area contributed by atoms with Gasteiger partial charge >= 0.3 is 0 Å². The monoisotopic (exact) mass is 319 g/mol. The third-order valence-corrected chi connectivity index (χ3v) is 5.73. The van der Waals surface area contributed by atoms with Crippen LogP contribution in [0, 0.1) is 5.92 Å². The van der Waals surface area contributed by atoms with Crippen molar-refractivity contribution in [2.75, 3.05) is 6.54 Å². The molecule has 4 rings (SSSR count). The summed E-state index contributed by atoms with van der Waals surface area (Å²) in [6, 6.07) is 6.07. The summed E-state index contributed by atoms with van der Waals surface area (Å²) in [5.41, 5.74) is 1.06. The van der Waals surface area contributed by atoms with Crippen LogP contribution in [0.2, 0.25) is 5.02 Å². The van der Waals surface area contributed by atoms with Crippen LogP contribution in [0.1, 0.15) is 44.1 Å². The number of nitrogens with zero attached hydrogens (tertiary/aromatic N) is 1. The number of ether oxygens (including phenoxy) is 1. The molecular formula is C18H22ClNO2. The standard InChI is InChI=1S/C18H22ClNO2/c19-14-7-8-16-13(10-14)11-17(22-16)18(21)20-9-3-5-12-4-1-2-6-15(12)20/h7-8,10,12,15,17H,1-6,9,11H2/t12-,15+,17-/m1/s1. The summed E-state index contributed by atoms with van der Waals surface area (Å²) < 4.78 is 5.91. The molecule has 1 aliphatic carbocycles. The van der Waals surface area contributed by atoms with Crippen LogP contribution in [0.3, 0.4) is 0 Å². The lowest BCUT2D eigenvalue weighted by Crippen LogP contribution is -2.53. The Morgan fingerprint density at radius 3 is 2.91 bits per heavy atom. The molecule has 3 aliphatic rings. The Morgan fingerprint density at radius 1 is 1.18 bits per heavy atom. The van der Waals surface area contributed by atoms with Gasteiger partial charge < -0.3 is 9.64 Å². The van der Waals surface area contributed by atoms with Gasteiger partial charge in [0.1, 0.15) is 5.75 Å².